The van der Waals surface area contributed by atoms with Crippen LogP contribution in [0.2, 0.25) is 0 Å². The number of carbonyl (C=O) groups is 1. The van der Waals surface area contributed by atoms with Crippen LogP contribution in [-0.4, -0.2) is 25.7 Å². The van der Waals surface area contributed by atoms with Crippen LogP contribution in [0.4, 0.5) is 0 Å². The average molecular weight is 373 g/mol. The van der Waals surface area contributed by atoms with Gasteiger partial charge in [-0.1, -0.05) is 19.4 Å². The number of pyridine rings is 1. The first kappa shape index (κ1) is 21.1. The van der Waals surface area contributed by atoms with E-state index in [1.54, 1.807) is 0 Å². The number of nitrogens with zero attached hydrogens (tertiary/aromatic N) is 1. The highest BCUT2D eigenvalue weighted by Crippen LogP contribution is 1.96. The van der Waals surface area contributed by atoms with E-state index in [-0.39, 0.29) is 22.9 Å². The van der Waals surface area contributed by atoms with Gasteiger partial charge in [0.1, 0.15) is 6.54 Å². The van der Waals surface area contributed by atoms with Crippen molar-refractivity contribution >= 4 is 5.91 Å². The Bertz CT molecular complexity index is 374. The molecule has 1 rings (SSSR count). The standard InChI is InChI=1S/C17H28N2O2.BrH/c1-2-3-15-21-16-9-11-18-17(20)10-5-8-14-19-12-6-4-7-13-19;/h4,6-7,12-13H,2-3,5,8-11,14-16H2,1H3;1H. The van der Waals surface area contributed by atoms with Crippen molar-refractivity contribution in [1.29, 1.82) is 0 Å². The molecular formula is C17H29BrN2O2. The molecule has 0 fully saturated rings. The third kappa shape index (κ3) is 11.7. The summed E-state index contributed by atoms with van der Waals surface area (Å²) in [5.41, 5.74) is 0. The van der Waals surface area contributed by atoms with E-state index in [9.17, 15) is 4.79 Å². The van der Waals surface area contributed by atoms with Gasteiger partial charge in [0.15, 0.2) is 12.4 Å². The van der Waals surface area contributed by atoms with Gasteiger partial charge in [-0.05, 0) is 19.3 Å². The average Bonchev–Trinajstić information content (AvgIpc) is 2.52. The molecule has 0 atom stereocenters. The predicted molar refractivity (Wildman–Crippen MR) is 83.8 cm³/mol. The topological polar surface area (TPSA) is 42.2 Å². The second kappa shape index (κ2) is 15.0. The normalized spacial score (nSPS) is 10.0. The van der Waals surface area contributed by atoms with E-state index in [0.717, 1.165) is 58.4 Å². The lowest BCUT2D eigenvalue weighted by atomic mass is 10.2. The van der Waals surface area contributed by atoms with Crippen LogP contribution in [0.1, 0.15) is 45.4 Å². The monoisotopic (exact) mass is 372 g/mol. The first-order valence-corrected chi connectivity index (χ1v) is 8.11. The largest absolute Gasteiger partial charge is 1.00 e. The maximum Gasteiger partial charge on any atom is 0.219 e. The van der Waals surface area contributed by atoms with Crippen molar-refractivity contribution in [3.63, 3.8) is 0 Å². The van der Waals surface area contributed by atoms with E-state index < -0.39 is 0 Å². The Kier molecular flexibility index (Phi) is 14.3. The molecule has 4 nitrogen and oxygen atoms in total. The lowest BCUT2D eigenvalue weighted by Gasteiger charge is -2.05. The first-order valence-electron chi connectivity index (χ1n) is 8.11. The van der Waals surface area contributed by atoms with Crippen molar-refractivity contribution in [2.75, 3.05) is 19.8 Å². The summed E-state index contributed by atoms with van der Waals surface area (Å²) >= 11 is 0. The van der Waals surface area contributed by atoms with E-state index in [4.69, 9.17) is 4.74 Å². The highest BCUT2D eigenvalue weighted by molar-refractivity contribution is 5.75. The second-order valence-electron chi connectivity index (χ2n) is 5.24. The molecular weight excluding hydrogens is 344 g/mol. The van der Waals surface area contributed by atoms with Gasteiger partial charge < -0.3 is 27.0 Å². The van der Waals surface area contributed by atoms with Crippen LogP contribution in [0.25, 0.3) is 0 Å². The molecule has 0 aliphatic carbocycles. The van der Waals surface area contributed by atoms with Gasteiger partial charge in [-0.25, -0.2) is 4.57 Å². The number of carbonyl (C=O) groups excluding carboxylic acids is 1. The molecule has 0 aromatic carbocycles. The van der Waals surface area contributed by atoms with Crippen LogP contribution >= 0.6 is 0 Å². The fraction of sp³-hybridized carbons (Fsp3) is 0.647. The lowest BCUT2D eigenvalue weighted by Crippen LogP contribution is -3.00. The van der Waals surface area contributed by atoms with Crippen LogP contribution in [0.5, 0.6) is 0 Å². The summed E-state index contributed by atoms with van der Waals surface area (Å²) in [4.78, 5) is 11.6. The molecule has 0 radical (unpaired) electrons. The van der Waals surface area contributed by atoms with Crippen LogP contribution in [0, 0.1) is 0 Å². The Balaban J connectivity index is 0.00000441. The van der Waals surface area contributed by atoms with Gasteiger partial charge in [-0.3, -0.25) is 4.79 Å². The molecule has 5 heteroatoms. The van der Waals surface area contributed by atoms with Gasteiger partial charge in [0.25, 0.3) is 0 Å². The Labute approximate surface area is 145 Å². The fourth-order valence-corrected chi connectivity index (χ4v) is 2.00. The number of ether oxygens (including phenoxy) is 1. The third-order valence-corrected chi connectivity index (χ3v) is 3.28. The van der Waals surface area contributed by atoms with Crippen molar-refractivity contribution < 1.29 is 31.1 Å². The Morgan fingerprint density at radius 1 is 1.05 bits per heavy atom. The maximum absolute atomic E-state index is 11.6. The minimum atomic E-state index is 0. The van der Waals surface area contributed by atoms with Crippen LogP contribution < -0.4 is 26.9 Å². The summed E-state index contributed by atoms with van der Waals surface area (Å²) in [5, 5.41) is 2.95. The van der Waals surface area contributed by atoms with Gasteiger partial charge in [0.05, 0.1) is 0 Å². The molecule has 1 aromatic heterocycles. The molecule has 0 aliphatic heterocycles. The number of aryl methyl sites for hydroxylation is 1. The summed E-state index contributed by atoms with van der Waals surface area (Å²) in [5.74, 6) is 0.154. The van der Waals surface area contributed by atoms with Gasteiger partial charge in [-0.2, -0.15) is 0 Å². The van der Waals surface area contributed by atoms with Crippen molar-refractivity contribution in [2.24, 2.45) is 0 Å². The van der Waals surface area contributed by atoms with Crippen molar-refractivity contribution in [3.05, 3.63) is 30.6 Å². The molecule has 1 aromatic rings. The van der Waals surface area contributed by atoms with Crippen molar-refractivity contribution in [1.82, 2.24) is 5.32 Å². The number of halogens is 1. The van der Waals surface area contributed by atoms with E-state index in [1.165, 1.54) is 0 Å². The van der Waals surface area contributed by atoms with Crippen LogP contribution in [0.15, 0.2) is 30.6 Å². The number of unbranched alkanes of at least 4 members (excludes halogenated alkanes) is 2. The molecule has 1 heterocycles. The van der Waals surface area contributed by atoms with Crippen LogP contribution in [0.3, 0.4) is 0 Å². The minimum absolute atomic E-state index is 0. The molecule has 0 bridgehead atoms. The quantitative estimate of drug-likeness (QED) is 0.396. The van der Waals surface area contributed by atoms with Gasteiger partial charge in [-0.15, -0.1) is 0 Å². The van der Waals surface area contributed by atoms with Crippen LogP contribution in [-0.2, 0) is 16.1 Å². The summed E-state index contributed by atoms with van der Waals surface area (Å²) in [7, 11) is 0. The summed E-state index contributed by atoms with van der Waals surface area (Å²) in [6.45, 7) is 5.42. The summed E-state index contributed by atoms with van der Waals surface area (Å²) < 4.78 is 7.59. The zero-order valence-electron chi connectivity index (χ0n) is 13.6. The van der Waals surface area contributed by atoms with Gasteiger partial charge in [0, 0.05) is 44.7 Å². The number of amides is 1. The molecule has 0 unspecified atom stereocenters. The molecule has 1 N–H and O–H groups in total. The molecule has 22 heavy (non-hydrogen) atoms. The lowest BCUT2D eigenvalue weighted by molar-refractivity contribution is -0.697. The Morgan fingerprint density at radius 2 is 1.77 bits per heavy atom. The molecule has 1 amide bonds. The number of hydrogen-bond acceptors (Lipinski definition) is 2. The number of rotatable bonds is 12. The minimum Gasteiger partial charge on any atom is -1.00 e. The van der Waals surface area contributed by atoms with Crippen molar-refractivity contribution in [2.45, 2.75) is 52.0 Å². The van der Waals surface area contributed by atoms with Gasteiger partial charge in [0.2, 0.25) is 5.91 Å². The Hall–Kier alpha value is -0.940. The Morgan fingerprint density at radius 3 is 2.50 bits per heavy atom. The number of aromatic nitrogens is 1. The van der Waals surface area contributed by atoms with E-state index in [2.05, 4.69) is 29.2 Å². The molecule has 0 saturated carbocycles. The number of hydrogen-bond donors (Lipinski definition) is 1. The summed E-state index contributed by atoms with van der Waals surface area (Å²) in [6, 6.07) is 6.06. The first-order chi connectivity index (χ1) is 10.3. The number of nitrogens with one attached hydrogen (secondary N) is 1. The molecule has 0 spiro atoms. The van der Waals surface area contributed by atoms with Crippen molar-refractivity contribution in [3.8, 4) is 0 Å². The predicted octanol–water partition coefficient (Wildman–Crippen LogP) is -0.529. The second-order valence-corrected chi connectivity index (χ2v) is 5.24. The zero-order chi connectivity index (χ0) is 15.2. The third-order valence-electron chi connectivity index (χ3n) is 3.28. The van der Waals surface area contributed by atoms with E-state index >= 15 is 0 Å². The molecule has 126 valence electrons. The van der Waals surface area contributed by atoms with E-state index in [1.807, 2.05) is 18.2 Å². The SMILES string of the molecule is CCCCOCCCNC(=O)CCCC[n+]1ccccc1.[Br-]. The fourth-order valence-electron chi connectivity index (χ4n) is 2.00. The summed E-state index contributed by atoms with van der Waals surface area (Å²) in [6.07, 6.45) is 9.86. The maximum atomic E-state index is 11.6. The van der Waals surface area contributed by atoms with E-state index in [0.29, 0.717) is 6.42 Å². The highest BCUT2D eigenvalue weighted by atomic mass is 79.9. The van der Waals surface area contributed by atoms with Gasteiger partial charge >= 0.3 is 0 Å². The smallest absolute Gasteiger partial charge is 0.219 e. The zero-order valence-corrected chi connectivity index (χ0v) is 15.2. The molecule has 0 aliphatic rings. The molecule has 0 saturated heterocycles. The highest BCUT2D eigenvalue weighted by Gasteiger charge is 2.02.